The second-order valence-corrected chi connectivity index (χ2v) is 5.57. The summed E-state index contributed by atoms with van der Waals surface area (Å²) < 4.78 is 21.6. The second kappa shape index (κ2) is 2.43. The molecule has 0 bridgehead atoms. The lowest BCUT2D eigenvalue weighted by molar-refractivity contribution is -0.141. The molecule has 3 N–H and O–H groups in total. The molecule has 1 rings (SSSR count). The van der Waals surface area contributed by atoms with E-state index in [1.807, 2.05) is 0 Å². The Hall–Kier alpha value is -0.620. The Balaban J connectivity index is 2.73. The number of hydrogen-bond donors (Lipinski definition) is 2. The van der Waals surface area contributed by atoms with Gasteiger partial charge in [0.15, 0.2) is 9.84 Å². The lowest BCUT2D eigenvalue weighted by atomic mass is 9.86. The minimum atomic E-state index is -3.01. The van der Waals surface area contributed by atoms with Gasteiger partial charge in [-0.25, -0.2) is 8.42 Å². The first-order chi connectivity index (χ1) is 5.27. The van der Waals surface area contributed by atoms with E-state index < -0.39 is 27.3 Å². The number of rotatable bonds is 2. The Kier molecular flexibility index (Phi) is 1.92. The summed E-state index contributed by atoms with van der Waals surface area (Å²) in [5, 5.41) is 8.53. The van der Waals surface area contributed by atoms with Crippen molar-refractivity contribution in [3.63, 3.8) is 0 Å². The van der Waals surface area contributed by atoms with Crippen molar-refractivity contribution in [1.29, 1.82) is 0 Å². The number of sulfone groups is 1. The third-order valence-electron chi connectivity index (χ3n) is 2.12. The maximum Gasteiger partial charge on any atom is 0.321 e. The first-order valence-corrected chi connectivity index (χ1v) is 5.28. The van der Waals surface area contributed by atoms with Gasteiger partial charge in [-0.1, -0.05) is 6.92 Å². The lowest BCUT2D eigenvalue weighted by Crippen LogP contribution is -2.59. The van der Waals surface area contributed by atoms with Crippen LogP contribution in [0, 0.1) is 5.41 Å². The third kappa shape index (κ3) is 1.44. The minimum absolute atomic E-state index is 0.118. The summed E-state index contributed by atoms with van der Waals surface area (Å²) in [5.41, 5.74) is 4.54. The summed E-state index contributed by atoms with van der Waals surface area (Å²) in [6.07, 6.45) is 0. The number of carboxylic acid groups (broad SMARTS) is 1. The van der Waals surface area contributed by atoms with Crippen molar-refractivity contribution in [1.82, 2.24) is 0 Å². The molecule has 1 heterocycles. The molecule has 1 saturated heterocycles. The summed E-state index contributed by atoms with van der Waals surface area (Å²) in [6, 6.07) is -1.08. The summed E-state index contributed by atoms with van der Waals surface area (Å²) in [7, 11) is -3.01. The van der Waals surface area contributed by atoms with Gasteiger partial charge in [-0.3, -0.25) is 4.79 Å². The van der Waals surface area contributed by atoms with Crippen LogP contribution in [-0.4, -0.2) is 37.0 Å². The van der Waals surface area contributed by atoms with Crippen LogP contribution in [0.4, 0.5) is 0 Å². The van der Waals surface area contributed by atoms with Crippen LogP contribution in [-0.2, 0) is 14.6 Å². The van der Waals surface area contributed by atoms with Gasteiger partial charge in [0, 0.05) is 5.41 Å². The van der Waals surface area contributed by atoms with Crippen LogP contribution in [0.3, 0.4) is 0 Å². The SMILES string of the molecule is CC1(C(N)C(=O)O)CS(=O)(=O)C1. The molecule has 0 aliphatic carbocycles. The molecule has 0 aromatic carbocycles. The average molecular weight is 193 g/mol. The highest BCUT2D eigenvalue weighted by molar-refractivity contribution is 7.92. The van der Waals surface area contributed by atoms with Gasteiger partial charge < -0.3 is 10.8 Å². The lowest BCUT2D eigenvalue weighted by Gasteiger charge is -2.40. The number of aliphatic carboxylic acids is 1. The molecular formula is C6H11NO4S. The van der Waals surface area contributed by atoms with Crippen molar-refractivity contribution in [3.05, 3.63) is 0 Å². The van der Waals surface area contributed by atoms with E-state index in [9.17, 15) is 13.2 Å². The highest BCUT2D eigenvalue weighted by Gasteiger charge is 2.51. The summed E-state index contributed by atoms with van der Waals surface area (Å²) >= 11 is 0. The molecule has 0 aromatic rings. The molecule has 0 aromatic heterocycles. The molecule has 1 atom stereocenters. The predicted octanol–water partition coefficient (Wildman–Crippen LogP) is -1.17. The van der Waals surface area contributed by atoms with Crippen LogP contribution < -0.4 is 5.73 Å². The van der Waals surface area contributed by atoms with Gasteiger partial charge in [-0.2, -0.15) is 0 Å². The quantitative estimate of drug-likeness (QED) is 0.576. The van der Waals surface area contributed by atoms with Gasteiger partial charge in [0.05, 0.1) is 11.5 Å². The van der Waals surface area contributed by atoms with Crippen molar-refractivity contribution < 1.29 is 18.3 Å². The third-order valence-corrected chi connectivity index (χ3v) is 4.31. The van der Waals surface area contributed by atoms with Crippen molar-refractivity contribution in [2.45, 2.75) is 13.0 Å². The van der Waals surface area contributed by atoms with Crippen molar-refractivity contribution in [2.75, 3.05) is 11.5 Å². The molecule has 1 fully saturated rings. The normalized spacial score (nSPS) is 27.2. The first kappa shape index (κ1) is 9.47. The number of carboxylic acids is 1. The van der Waals surface area contributed by atoms with Crippen LogP contribution in [0.25, 0.3) is 0 Å². The van der Waals surface area contributed by atoms with E-state index in [1.165, 1.54) is 0 Å². The molecule has 5 nitrogen and oxygen atoms in total. The summed E-state index contributed by atoms with van der Waals surface area (Å²) in [6.45, 7) is 1.58. The Morgan fingerprint density at radius 3 is 2.25 bits per heavy atom. The zero-order valence-electron chi connectivity index (χ0n) is 6.65. The van der Waals surface area contributed by atoms with Crippen LogP contribution in [0.15, 0.2) is 0 Å². The monoisotopic (exact) mass is 193 g/mol. The van der Waals surface area contributed by atoms with Gasteiger partial charge in [0.25, 0.3) is 0 Å². The van der Waals surface area contributed by atoms with Crippen molar-refractivity contribution in [3.8, 4) is 0 Å². The van der Waals surface area contributed by atoms with Crippen LogP contribution >= 0.6 is 0 Å². The molecule has 0 saturated carbocycles. The van der Waals surface area contributed by atoms with Crippen molar-refractivity contribution >= 4 is 15.8 Å². The Labute approximate surface area is 70.5 Å². The molecule has 1 aliphatic rings. The molecule has 0 radical (unpaired) electrons. The fourth-order valence-electron chi connectivity index (χ4n) is 1.44. The van der Waals surface area contributed by atoms with Crippen molar-refractivity contribution in [2.24, 2.45) is 11.1 Å². The van der Waals surface area contributed by atoms with E-state index in [0.717, 1.165) is 0 Å². The van der Waals surface area contributed by atoms with E-state index in [2.05, 4.69) is 0 Å². The largest absolute Gasteiger partial charge is 0.480 e. The number of nitrogens with two attached hydrogens (primary N) is 1. The van der Waals surface area contributed by atoms with E-state index in [4.69, 9.17) is 10.8 Å². The molecule has 1 unspecified atom stereocenters. The Bertz CT molecular complexity index is 296. The Morgan fingerprint density at radius 1 is 1.58 bits per heavy atom. The van der Waals surface area contributed by atoms with Gasteiger partial charge in [-0.15, -0.1) is 0 Å². The topological polar surface area (TPSA) is 97.5 Å². The maximum atomic E-state index is 10.8. The second-order valence-electron chi connectivity index (χ2n) is 3.50. The summed E-state index contributed by atoms with van der Waals surface area (Å²) in [4.78, 5) is 10.4. The molecular weight excluding hydrogens is 182 g/mol. The molecule has 12 heavy (non-hydrogen) atoms. The number of carbonyl (C=O) groups is 1. The molecule has 0 spiro atoms. The highest BCUT2D eigenvalue weighted by atomic mass is 32.2. The maximum absolute atomic E-state index is 10.8. The van der Waals surface area contributed by atoms with Gasteiger partial charge in [-0.05, 0) is 0 Å². The fraction of sp³-hybridized carbons (Fsp3) is 0.833. The minimum Gasteiger partial charge on any atom is -0.480 e. The molecule has 6 heteroatoms. The molecule has 70 valence electrons. The van der Waals surface area contributed by atoms with Gasteiger partial charge in [0.1, 0.15) is 6.04 Å². The first-order valence-electron chi connectivity index (χ1n) is 3.46. The van der Waals surface area contributed by atoms with Crippen LogP contribution in [0.1, 0.15) is 6.92 Å². The predicted molar refractivity (Wildman–Crippen MR) is 42.4 cm³/mol. The van der Waals surface area contributed by atoms with E-state index in [1.54, 1.807) is 6.92 Å². The smallest absolute Gasteiger partial charge is 0.321 e. The van der Waals surface area contributed by atoms with Gasteiger partial charge >= 0.3 is 5.97 Å². The molecule has 0 amide bonds. The fourth-order valence-corrected chi connectivity index (χ4v) is 3.72. The van der Waals surface area contributed by atoms with E-state index >= 15 is 0 Å². The van der Waals surface area contributed by atoms with Crippen LogP contribution in [0.5, 0.6) is 0 Å². The summed E-state index contributed by atoms with van der Waals surface area (Å²) in [5.74, 6) is -1.38. The van der Waals surface area contributed by atoms with Crippen LogP contribution in [0.2, 0.25) is 0 Å². The van der Waals surface area contributed by atoms with Gasteiger partial charge in [0.2, 0.25) is 0 Å². The standard InChI is InChI=1S/C6H11NO4S/c1-6(4(7)5(8)9)2-12(10,11)3-6/h4H,2-3,7H2,1H3,(H,8,9). The Morgan fingerprint density at radius 2 is 2.00 bits per heavy atom. The zero-order valence-corrected chi connectivity index (χ0v) is 7.47. The zero-order chi connectivity index (χ0) is 9.57. The highest BCUT2D eigenvalue weighted by Crippen LogP contribution is 2.34. The number of hydrogen-bond acceptors (Lipinski definition) is 4. The average Bonchev–Trinajstić information content (AvgIpc) is 1.81. The molecule has 1 aliphatic heterocycles. The van der Waals surface area contributed by atoms with E-state index in [0.29, 0.717) is 0 Å². The van der Waals surface area contributed by atoms with E-state index in [-0.39, 0.29) is 11.5 Å².